The van der Waals surface area contributed by atoms with E-state index in [0.717, 1.165) is 23.5 Å². The smallest absolute Gasteiger partial charge is 0.272 e. The summed E-state index contributed by atoms with van der Waals surface area (Å²) in [5, 5.41) is 2.99. The van der Waals surface area contributed by atoms with Gasteiger partial charge in [0.2, 0.25) is 5.91 Å². The van der Waals surface area contributed by atoms with Gasteiger partial charge in [-0.05, 0) is 12.5 Å². The topological polar surface area (TPSA) is 82.9 Å². The average molecular weight is 407 g/mol. The molecule has 8 heteroatoms. The number of aromatic nitrogens is 3. The Morgan fingerprint density at radius 1 is 1.13 bits per heavy atom. The van der Waals surface area contributed by atoms with Crippen LogP contribution in [-0.4, -0.2) is 62.1 Å². The van der Waals surface area contributed by atoms with Crippen LogP contribution in [0.3, 0.4) is 0 Å². The highest BCUT2D eigenvalue weighted by molar-refractivity contribution is 5.77. The van der Waals surface area contributed by atoms with Gasteiger partial charge in [0.25, 0.3) is 5.56 Å². The third-order valence-electron chi connectivity index (χ3n) is 5.89. The van der Waals surface area contributed by atoms with E-state index < -0.39 is 0 Å². The van der Waals surface area contributed by atoms with Crippen molar-refractivity contribution in [2.45, 2.75) is 38.6 Å². The number of hydrogen-bond donors (Lipinski definition) is 1. The number of nitrogens with one attached hydrogen (secondary N) is 1. The number of fused-ring (bicyclic) bond motifs is 2. The molecule has 4 heterocycles. The molecule has 2 aliphatic heterocycles. The van der Waals surface area contributed by atoms with Crippen molar-refractivity contribution in [3.63, 3.8) is 0 Å². The summed E-state index contributed by atoms with van der Waals surface area (Å²) in [6, 6.07) is 13.5. The zero-order valence-corrected chi connectivity index (χ0v) is 17.0. The van der Waals surface area contributed by atoms with Crippen LogP contribution in [0.5, 0.6) is 0 Å². The predicted molar refractivity (Wildman–Crippen MR) is 111 cm³/mol. The minimum absolute atomic E-state index is 0.000428. The Labute approximate surface area is 174 Å². The first-order valence-corrected chi connectivity index (χ1v) is 10.3. The van der Waals surface area contributed by atoms with Crippen LogP contribution < -0.4 is 5.56 Å². The summed E-state index contributed by atoms with van der Waals surface area (Å²) < 4.78 is 7.49. The lowest BCUT2D eigenvalue weighted by atomic mass is 10.1. The molecule has 2 aromatic heterocycles. The fourth-order valence-corrected chi connectivity index (χ4v) is 4.51. The van der Waals surface area contributed by atoms with E-state index in [1.807, 2.05) is 48.2 Å². The number of nitrogens with zero attached hydrogens (tertiary/aromatic N) is 4. The molecule has 3 aromatic rings. The molecule has 1 N–H and O–H groups in total. The zero-order valence-electron chi connectivity index (χ0n) is 17.0. The Hall–Kier alpha value is -2.97. The summed E-state index contributed by atoms with van der Waals surface area (Å²) in [6.45, 7) is 4.92. The molecule has 2 fully saturated rings. The van der Waals surface area contributed by atoms with Gasteiger partial charge >= 0.3 is 0 Å². The van der Waals surface area contributed by atoms with Crippen LogP contribution in [0.25, 0.3) is 5.65 Å². The van der Waals surface area contributed by atoms with Crippen molar-refractivity contribution >= 4 is 11.6 Å². The lowest BCUT2D eigenvalue weighted by Gasteiger charge is -2.30. The number of amides is 1. The summed E-state index contributed by atoms with van der Waals surface area (Å²) in [5.74, 6) is 0.133. The second-order valence-electron chi connectivity index (χ2n) is 8.15. The molecule has 8 nitrogen and oxygen atoms in total. The van der Waals surface area contributed by atoms with Crippen LogP contribution in [0, 0.1) is 6.92 Å². The van der Waals surface area contributed by atoms with Crippen LogP contribution in [0.4, 0.5) is 0 Å². The Morgan fingerprint density at radius 2 is 1.97 bits per heavy atom. The predicted octanol–water partition coefficient (Wildman–Crippen LogP) is 1.33. The fraction of sp³-hybridized carbons (Fsp3) is 0.409. The highest BCUT2D eigenvalue weighted by Crippen LogP contribution is 2.26. The molecule has 30 heavy (non-hydrogen) atoms. The van der Waals surface area contributed by atoms with E-state index in [1.165, 1.54) is 4.52 Å². The molecule has 156 valence electrons. The largest absolute Gasteiger partial charge is 0.374 e. The first-order chi connectivity index (χ1) is 14.6. The van der Waals surface area contributed by atoms with Crippen molar-refractivity contribution in [1.82, 2.24) is 24.4 Å². The maximum atomic E-state index is 12.8. The average Bonchev–Trinajstić information content (AvgIpc) is 3.26. The summed E-state index contributed by atoms with van der Waals surface area (Å²) in [5.41, 5.74) is 3.25. The number of aromatic amines is 1. The fourth-order valence-electron chi connectivity index (χ4n) is 4.51. The molecule has 1 aromatic carbocycles. The lowest BCUT2D eigenvalue weighted by molar-refractivity contribution is -0.133. The standard InChI is InChI=1S/C22H25N5O3/c1-15-9-20-23-17(10-22(29)27(20)24-15)12-25-13-18-19(14-25)30-8-7-21(28)26(18)11-16-5-3-2-4-6-16/h2-6,9-10,18-19,24H,7-8,11-14H2,1H3/t18-,19-/m0/s1. The molecule has 1 amide bonds. The van der Waals surface area contributed by atoms with E-state index in [0.29, 0.717) is 38.3 Å². The minimum atomic E-state index is -0.117. The molecule has 2 atom stereocenters. The monoisotopic (exact) mass is 407 g/mol. The highest BCUT2D eigenvalue weighted by atomic mass is 16.5. The zero-order chi connectivity index (χ0) is 20.7. The molecular formula is C22H25N5O3. The number of hydrogen-bond acceptors (Lipinski definition) is 5. The number of rotatable bonds is 4. The summed E-state index contributed by atoms with van der Waals surface area (Å²) >= 11 is 0. The van der Waals surface area contributed by atoms with E-state index in [4.69, 9.17) is 4.74 Å². The summed E-state index contributed by atoms with van der Waals surface area (Å²) in [7, 11) is 0. The second-order valence-corrected chi connectivity index (χ2v) is 8.15. The quantitative estimate of drug-likeness (QED) is 0.706. The van der Waals surface area contributed by atoms with E-state index in [1.54, 1.807) is 6.07 Å². The van der Waals surface area contributed by atoms with Crippen molar-refractivity contribution in [3.8, 4) is 0 Å². The van der Waals surface area contributed by atoms with Gasteiger partial charge in [-0.3, -0.25) is 19.6 Å². The van der Waals surface area contributed by atoms with Gasteiger partial charge < -0.3 is 9.64 Å². The van der Waals surface area contributed by atoms with Gasteiger partial charge in [0.1, 0.15) is 0 Å². The van der Waals surface area contributed by atoms with Crippen molar-refractivity contribution in [1.29, 1.82) is 0 Å². The van der Waals surface area contributed by atoms with Crippen LogP contribution >= 0.6 is 0 Å². The maximum absolute atomic E-state index is 12.8. The molecule has 0 radical (unpaired) electrons. The number of likely N-dealkylation sites (tertiary alicyclic amines) is 1. The van der Waals surface area contributed by atoms with Crippen LogP contribution in [0.15, 0.2) is 47.3 Å². The molecule has 0 aliphatic carbocycles. The summed E-state index contributed by atoms with van der Waals surface area (Å²) in [4.78, 5) is 34.0. The molecule has 2 aliphatic rings. The van der Waals surface area contributed by atoms with Gasteiger partial charge in [-0.25, -0.2) is 9.50 Å². The molecular weight excluding hydrogens is 382 g/mol. The van der Waals surface area contributed by atoms with E-state index >= 15 is 0 Å². The van der Waals surface area contributed by atoms with Crippen LogP contribution in [-0.2, 0) is 22.6 Å². The van der Waals surface area contributed by atoms with E-state index in [-0.39, 0.29) is 23.6 Å². The molecule has 0 bridgehead atoms. The SMILES string of the molecule is Cc1cc2nc(CN3C[C@@H]4OCCC(=O)N(Cc5ccccc5)[C@H]4C3)cc(=O)n2[nH]1. The maximum Gasteiger partial charge on any atom is 0.272 e. The van der Waals surface area contributed by atoms with Gasteiger partial charge in [0.05, 0.1) is 30.9 Å². The lowest BCUT2D eigenvalue weighted by Crippen LogP contribution is -2.45. The number of H-pyrrole nitrogens is 1. The van der Waals surface area contributed by atoms with Gasteiger partial charge in [0.15, 0.2) is 5.65 Å². The highest BCUT2D eigenvalue weighted by Gasteiger charge is 2.41. The van der Waals surface area contributed by atoms with Gasteiger partial charge in [0, 0.05) is 44.0 Å². The molecule has 5 rings (SSSR count). The van der Waals surface area contributed by atoms with Crippen LogP contribution in [0.1, 0.15) is 23.4 Å². The van der Waals surface area contributed by atoms with Gasteiger partial charge in [-0.1, -0.05) is 30.3 Å². The Bertz CT molecular complexity index is 1120. The molecule has 2 saturated heterocycles. The normalized spacial score (nSPS) is 22.4. The summed E-state index contributed by atoms with van der Waals surface area (Å²) in [6.07, 6.45) is 0.390. The first kappa shape index (κ1) is 19.0. The van der Waals surface area contributed by atoms with Gasteiger partial charge in [-0.15, -0.1) is 0 Å². The Kier molecular flexibility index (Phi) is 4.88. The van der Waals surface area contributed by atoms with Crippen molar-refractivity contribution < 1.29 is 9.53 Å². The first-order valence-electron chi connectivity index (χ1n) is 10.3. The minimum Gasteiger partial charge on any atom is -0.374 e. The molecule has 0 unspecified atom stereocenters. The number of aryl methyl sites for hydroxylation is 1. The van der Waals surface area contributed by atoms with E-state index in [2.05, 4.69) is 15.0 Å². The number of benzene rings is 1. The Morgan fingerprint density at radius 3 is 2.80 bits per heavy atom. The third-order valence-corrected chi connectivity index (χ3v) is 5.89. The Balaban J connectivity index is 1.36. The molecule has 0 saturated carbocycles. The van der Waals surface area contributed by atoms with Crippen molar-refractivity contribution in [3.05, 3.63) is 69.8 Å². The van der Waals surface area contributed by atoms with Gasteiger partial charge in [-0.2, -0.15) is 0 Å². The van der Waals surface area contributed by atoms with Crippen molar-refractivity contribution in [2.75, 3.05) is 19.7 Å². The second kappa shape index (κ2) is 7.70. The third kappa shape index (κ3) is 3.64. The number of carbonyl (C=O) groups excluding carboxylic acids is 1. The number of ether oxygens (including phenoxy) is 1. The van der Waals surface area contributed by atoms with Crippen molar-refractivity contribution in [2.24, 2.45) is 0 Å². The molecule has 0 spiro atoms. The van der Waals surface area contributed by atoms with Crippen LogP contribution in [0.2, 0.25) is 0 Å². The number of carbonyl (C=O) groups is 1. The van der Waals surface area contributed by atoms with E-state index in [9.17, 15) is 9.59 Å².